The van der Waals surface area contributed by atoms with Gasteiger partial charge in [-0.2, -0.15) is 0 Å². The van der Waals surface area contributed by atoms with E-state index in [0.29, 0.717) is 6.42 Å². The zero-order valence-electron chi connectivity index (χ0n) is 9.79. The second-order valence-electron chi connectivity index (χ2n) is 5.18. The van der Waals surface area contributed by atoms with E-state index in [9.17, 15) is 4.79 Å². The normalized spacial score (nSPS) is 20.8. The number of thiazole rings is 1. The van der Waals surface area contributed by atoms with Gasteiger partial charge in [0, 0.05) is 16.8 Å². The van der Waals surface area contributed by atoms with Gasteiger partial charge in [-0.25, -0.2) is 4.98 Å². The van der Waals surface area contributed by atoms with Crippen molar-refractivity contribution in [1.29, 1.82) is 0 Å². The van der Waals surface area contributed by atoms with Crippen LogP contribution in [0.15, 0.2) is 0 Å². The molecule has 1 amide bonds. The second kappa shape index (κ2) is 4.07. The summed E-state index contributed by atoms with van der Waals surface area (Å²) in [4.78, 5) is 17.6. The van der Waals surface area contributed by atoms with Gasteiger partial charge < -0.3 is 11.1 Å². The van der Waals surface area contributed by atoms with Gasteiger partial charge in [0.2, 0.25) is 5.91 Å². The first-order chi connectivity index (χ1) is 8.15. The van der Waals surface area contributed by atoms with Crippen LogP contribution in [0, 0.1) is 0 Å². The lowest BCUT2D eigenvalue weighted by molar-refractivity contribution is -0.118. The molecule has 92 valence electrons. The van der Waals surface area contributed by atoms with Crippen LogP contribution in [0.5, 0.6) is 0 Å². The molecule has 0 aliphatic heterocycles. The number of rotatable bonds is 3. The third-order valence-corrected chi connectivity index (χ3v) is 4.78. The Balaban J connectivity index is 1.60. The van der Waals surface area contributed by atoms with E-state index < -0.39 is 0 Å². The summed E-state index contributed by atoms with van der Waals surface area (Å²) in [6.45, 7) is 0. The maximum absolute atomic E-state index is 11.8. The zero-order chi connectivity index (χ0) is 11.9. The third-order valence-electron chi connectivity index (χ3n) is 3.70. The van der Waals surface area contributed by atoms with Crippen LogP contribution in [0.3, 0.4) is 0 Å². The summed E-state index contributed by atoms with van der Waals surface area (Å²) in [7, 11) is 0. The molecule has 0 radical (unpaired) electrons. The fraction of sp³-hybridized carbons (Fsp3) is 0.667. The Morgan fingerprint density at radius 3 is 2.88 bits per heavy atom. The number of hydrogen-bond acceptors (Lipinski definition) is 4. The maximum atomic E-state index is 11.8. The molecule has 0 atom stereocenters. The molecular weight excluding hydrogens is 234 g/mol. The number of anilines is 1. The van der Waals surface area contributed by atoms with Crippen LogP contribution in [0.2, 0.25) is 0 Å². The van der Waals surface area contributed by atoms with Gasteiger partial charge in [0.15, 0.2) is 5.13 Å². The monoisotopic (exact) mass is 251 g/mol. The number of amides is 1. The summed E-state index contributed by atoms with van der Waals surface area (Å²) < 4.78 is 0. The van der Waals surface area contributed by atoms with Gasteiger partial charge in [-0.3, -0.25) is 4.79 Å². The summed E-state index contributed by atoms with van der Waals surface area (Å²) in [5, 5.41) is 3.64. The van der Waals surface area contributed by atoms with E-state index in [4.69, 9.17) is 5.73 Å². The van der Waals surface area contributed by atoms with Crippen molar-refractivity contribution in [2.45, 2.75) is 50.5 Å². The van der Waals surface area contributed by atoms with Crippen molar-refractivity contribution in [3.63, 3.8) is 0 Å². The van der Waals surface area contributed by atoms with Crippen molar-refractivity contribution in [2.24, 2.45) is 5.73 Å². The standard InChI is InChI=1S/C12H17N3OS/c13-12(5-2-6-12)7-10(16)15-11-14-8-3-1-4-9(8)17-11/h1-7,13H2,(H,14,15,16). The van der Waals surface area contributed by atoms with E-state index in [-0.39, 0.29) is 11.4 Å². The Morgan fingerprint density at radius 2 is 2.24 bits per heavy atom. The summed E-state index contributed by atoms with van der Waals surface area (Å²) in [5.41, 5.74) is 6.98. The topological polar surface area (TPSA) is 68.0 Å². The van der Waals surface area contributed by atoms with Gasteiger partial charge in [-0.1, -0.05) is 0 Å². The van der Waals surface area contributed by atoms with Gasteiger partial charge in [0.1, 0.15) is 0 Å². The predicted octanol–water partition coefficient (Wildman–Crippen LogP) is 1.84. The minimum Gasteiger partial charge on any atom is -0.325 e. The minimum atomic E-state index is -0.246. The SMILES string of the molecule is NC1(CC(=O)Nc2nc3c(s2)CCC3)CCC1. The van der Waals surface area contributed by atoms with E-state index >= 15 is 0 Å². The van der Waals surface area contributed by atoms with Crippen molar-refractivity contribution in [3.8, 4) is 0 Å². The highest BCUT2D eigenvalue weighted by Crippen LogP contribution is 2.33. The molecule has 0 saturated heterocycles. The average Bonchev–Trinajstić information content (AvgIpc) is 2.74. The number of nitrogens with zero attached hydrogens (tertiary/aromatic N) is 1. The molecule has 2 aliphatic carbocycles. The zero-order valence-corrected chi connectivity index (χ0v) is 10.6. The summed E-state index contributed by atoms with van der Waals surface area (Å²) in [5.74, 6) is 0.0135. The number of carbonyl (C=O) groups excluding carboxylic acids is 1. The van der Waals surface area contributed by atoms with Crippen LogP contribution in [-0.4, -0.2) is 16.4 Å². The molecule has 5 heteroatoms. The van der Waals surface area contributed by atoms with Crippen molar-refractivity contribution >= 4 is 22.4 Å². The molecular formula is C12H17N3OS. The number of nitrogens with one attached hydrogen (secondary N) is 1. The highest BCUT2D eigenvalue weighted by atomic mass is 32.1. The van der Waals surface area contributed by atoms with Crippen LogP contribution in [0.4, 0.5) is 5.13 Å². The Labute approximate surface area is 105 Å². The number of hydrogen-bond donors (Lipinski definition) is 2. The Bertz CT molecular complexity index is 429. The molecule has 1 aromatic rings. The van der Waals surface area contributed by atoms with E-state index in [1.807, 2.05) is 0 Å². The molecule has 0 spiro atoms. The van der Waals surface area contributed by atoms with Crippen LogP contribution in [-0.2, 0) is 17.6 Å². The molecule has 1 aromatic heterocycles. The summed E-state index contributed by atoms with van der Waals surface area (Å²) in [6.07, 6.45) is 6.89. The van der Waals surface area contributed by atoms with E-state index in [2.05, 4.69) is 10.3 Å². The van der Waals surface area contributed by atoms with Crippen LogP contribution < -0.4 is 11.1 Å². The fourth-order valence-electron chi connectivity index (χ4n) is 2.53. The molecule has 3 N–H and O–H groups in total. The molecule has 3 rings (SSSR count). The van der Waals surface area contributed by atoms with E-state index in [1.165, 1.54) is 17.0 Å². The molecule has 0 aromatic carbocycles. The first-order valence-electron chi connectivity index (χ1n) is 6.22. The summed E-state index contributed by atoms with van der Waals surface area (Å²) >= 11 is 1.62. The highest BCUT2D eigenvalue weighted by molar-refractivity contribution is 7.15. The molecule has 2 aliphatic rings. The number of carbonyl (C=O) groups is 1. The molecule has 0 bridgehead atoms. The highest BCUT2D eigenvalue weighted by Gasteiger charge is 2.34. The fourth-order valence-corrected chi connectivity index (χ4v) is 3.60. The lowest BCUT2D eigenvalue weighted by Crippen LogP contribution is -2.48. The van der Waals surface area contributed by atoms with Gasteiger partial charge in [0.25, 0.3) is 0 Å². The van der Waals surface area contributed by atoms with E-state index in [1.54, 1.807) is 11.3 Å². The van der Waals surface area contributed by atoms with Crippen molar-refractivity contribution in [1.82, 2.24) is 4.98 Å². The number of aryl methyl sites for hydroxylation is 2. The third kappa shape index (κ3) is 2.21. The molecule has 17 heavy (non-hydrogen) atoms. The van der Waals surface area contributed by atoms with Crippen LogP contribution >= 0.6 is 11.3 Å². The first-order valence-corrected chi connectivity index (χ1v) is 7.04. The lowest BCUT2D eigenvalue weighted by atomic mass is 9.75. The Morgan fingerprint density at radius 1 is 1.41 bits per heavy atom. The molecule has 4 nitrogen and oxygen atoms in total. The number of nitrogens with two attached hydrogens (primary N) is 1. The smallest absolute Gasteiger partial charge is 0.228 e. The quantitative estimate of drug-likeness (QED) is 0.861. The lowest BCUT2D eigenvalue weighted by Gasteiger charge is -2.37. The van der Waals surface area contributed by atoms with Gasteiger partial charge >= 0.3 is 0 Å². The average molecular weight is 251 g/mol. The van der Waals surface area contributed by atoms with Gasteiger partial charge in [0.05, 0.1) is 5.69 Å². The van der Waals surface area contributed by atoms with E-state index in [0.717, 1.165) is 37.2 Å². The van der Waals surface area contributed by atoms with Gasteiger partial charge in [-0.05, 0) is 38.5 Å². The largest absolute Gasteiger partial charge is 0.325 e. The number of aromatic nitrogens is 1. The first kappa shape index (κ1) is 11.2. The molecule has 1 fully saturated rings. The molecule has 1 heterocycles. The Kier molecular flexibility index (Phi) is 2.67. The second-order valence-corrected chi connectivity index (χ2v) is 6.27. The Hall–Kier alpha value is -0.940. The molecule has 0 unspecified atom stereocenters. The van der Waals surface area contributed by atoms with Gasteiger partial charge in [-0.15, -0.1) is 11.3 Å². The number of fused-ring (bicyclic) bond motifs is 1. The van der Waals surface area contributed by atoms with Crippen LogP contribution in [0.25, 0.3) is 0 Å². The predicted molar refractivity (Wildman–Crippen MR) is 68.2 cm³/mol. The maximum Gasteiger partial charge on any atom is 0.228 e. The minimum absolute atomic E-state index is 0.0135. The van der Waals surface area contributed by atoms with Crippen LogP contribution in [0.1, 0.15) is 42.7 Å². The molecule has 1 saturated carbocycles. The van der Waals surface area contributed by atoms with Crippen molar-refractivity contribution < 1.29 is 4.79 Å². The van der Waals surface area contributed by atoms with Crippen molar-refractivity contribution in [3.05, 3.63) is 10.6 Å². The summed E-state index contributed by atoms with van der Waals surface area (Å²) in [6, 6.07) is 0. The van der Waals surface area contributed by atoms with Crippen molar-refractivity contribution in [2.75, 3.05) is 5.32 Å².